The Hall–Kier alpha value is -2.63. The van der Waals surface area contributed by atoms with Crippen molar-refractivity contribution in [2.75, 3.05) is 19.6 Å². The van der Waals surface area contributed by atoms with Gasteiger partial charge in [0.05, 0.1) is 11.3 Å². The number of hydrogen-bond donors (Lipinski definition) is 1. The van der Waals surface area contributed by atoms with E-state index in [9.17, 15) is 14.0 Å². The van der Waals surface area contributed by atoms with Crippen molar-refractivity contribution >= 4 is 11.8 Å². The number of nitrogens with one attached hydrogen (secondary N) is 1. The second-order valence-corrected chi connectivity index (χ2v) is 8.14. The van der Waals surface area contributed by atoms with Gasteiger partial charge in [-0.15, -0.1) is 0 Å². The van der Waals surface area contributed by atoms with E-state index in [0.717, 1.165) is 37.2 Å². The number of para-hydroxylation sites is 1. The summed E-state index contributed by atoms with van der Waals surface area (Å²) in [6, 6.07) is 8.42. The highest BCUT2D eigenvalue weighted by Crippen LogP contribution is 2.26. The summed E-state index contributed by atoms with van der Waals surface area (Å²) in [5.41, 5.74) is 2.60. The Morgan fingerprint density at radius 3 is 2.50 bits per heavy atom. The standard InChI is InChI=1S/C24H32FN3O2/c1-4-5-8-13-26-23(29)19-11-14-27(15-12-19)24(30)20-16-17(2)28(18(20)3)22-10-7-6-9-21(22)25/h6-7,9-10,16,19H,4-5,8,11-15H2,1-3H3,(H,26,29). The van der Waals surface area contributed by atoms with E-state index in [1.807, 2.05) is 24.8 Å². The van der Waals surface area contributed by atoms with Crippen molar-refractivity contribution in [2.24, 2.45) is 5.92 Å². The Kier molecular flexibility index (Phi) is 7.29. The minimum Gasteiger partial charge on any atom is -0.356 e. The summed E-state index contributed by atoms with van der Waals surface area (Å²) in [5.74, 6) is -0.283. The first kappa shape index (κ1) is 22.1. The smallest absolute Gasteiger partial charge is 0.255 e. The fourth-order valence-corrected chi connectivity index (χ4v) is 4.23. The molecular formula is C24H32FN3O2. The molecule has 5 nitrogen and oxygen atoms in total. The van der Waals surface area contributed by atoms with Crippen LogP contribution in [0.15, 0.2) is 30.3 Å². The molecule has 1 saturated heterocycles. The molecule has 1 fully saturated rings. The van der Waals surface area contributed by atoms with Gasteiger partial charge in [-0.3, -0.25) is 9.59 Å². The summed E-state index contributed by atoms with van der Waals surface area (Å²) >= 11 is 0. The third-order valence-corrected chi connectivity index (χ3v) is 5.99. The zero-order valence-electron chi connectivity index (χ0n) is 18.2. The van der Waals surface area contributed by atoms with E-state index in [4.69, 9.17) is 0 Å². The number of aromatic nitrogens is 1. The SMILES string of the molecule is CCCCCNC(=O)C1CCN(C(=O)c2cc(C)n(-c3ccccc3F)c2C)CC1. The van der Waals surface area contributed by atoms with E-state index >= 15 is 0 Å². The molecule has 1 aromatic carbocycles. The molecule has 162 valence electrons. The number of nitrogens with zero attached hydrogens (tertiary/aromatic N) is 2. The highest BCUT2D eigenvalue weighted by atomic mass is 19.1. The Balaban J connectivity index is 1.64. The third kappa shape index (κ3) is 4.74. The number of hydrogen-bond acceptors (Lipinski definition) is 2. The topological polar surface area (TPSA) is 54.3 Å². The van der Waals surface area contributed by atoms with Crippen LogP contribution in [0.4, 0.5) is 4.39 Å². The second-order valence-electron chi connectivity index (χ2n) is 8.14. The van der Waals surface area contributed by atoms with Gasteiger partial charge in [0, 0.05) is 36.9 Å². The van der Waals surface area contributed by atoms with Gasteiger partial charge in [-0.1, -0.05) is 31.9 Å². The van der Waals surface area contributed by atoms with Crippen LogP contribution in [0.5, 0.6) is 0 Å². The largest absolute Gasteiger partial charge is 0.356 e. The highest BCUT2D eigenvalue weighted by Gasteiger charge is 2.29. The molecule has 0 atom stereocenters. The van der Waals surface area contributed by atoms with Gasteiger partial charge in [-0.2, -0.15) is 0 Å². The maximum atomic E-state index is 14.3. The fraction of sp³-hybridized carbons (Fsp3) is 0.500. The average molecular weight is 414 g/mol. The lowest BCUT2D eigenvalue weighted by atomic mass is 9.95. The Labute approximate surface area is 178 Å². The molecule has 30 heavy (non-hydrogen) atoms. The summed E-state index contributed by atoms with van der Waals surface area (Å²) in [5, 5.41) is 3.03. The Morgan fingerprint density at radius 1 is 1.13 bits per heavy atom. The Bertz CT molecular complexity index is 898. The summed E-state index contributed by atoms with van der Waals surface area (Å²) < 4.78 is 16.1. The van der Waals surface area contributed by atoms with Crippen LogP contribution < -0.4 is 5.32 Å². The number of halogens is 1. The van der Waals surface area contributed by atoms with Gasteiger partial charge in [-0.05, 0) is 51.3 Å². The molecule has 0 aliphatic carbocycles. The van der Waals surface area contributed by atoms with Gasteiger partial charge in [0.25, 0.3) is 5.91 Å². The number of benzene rings is 1. The van der Waals surface area contributed by atoms with Gasteiger partial charge in [0.15, 0.2) is 0 Å². The molecular weight excluding hydrogens is 381 g/mol. The minimum absolute atomic E-state index is 0.0264. The maximum absolute atomic E-state index is 14.3. The number of carbonyl (C=O) groups is 2. The van der Waals surface area contributed by atoms with E-state index in [1.165, 1.54) is 6.07 Å². The molecule has 0 spiro atoms. The molecule has 2 heterocycles. The van der Waals surface area contributed by atoms with Gasteiger partial charge in [0.2, 0.25) is 5.91 Å². The first-order valence-corrected chi connectivity index (χ1v) is 10.9. The van der Waals surface area contributed by atoms with E-state index in [2.05, 4.69) is 12.2 Å². The molecule has 1 aliphatic rings. The van der Waals surface area contributed by atoms with Crippen molar-refractivity contribution in [2.45, 2.75) is 52.9 Å². The van der Waals surface area contributed by atoms with Gasteiger partial charge < -0.3 is 14.8 Å². The van der Waals surface area contributed by atoms with Gasteiger partial charge in [0.1, 0.15) is 5.82 Å². The van der Waals surface area contributed by atoms with E-state index in [0.29, 0.717) is 37.2 Å². The van der Waals surface area contributed by atoms with Gasteiger partial charge >= 0.3 is 0 Å². The van der Waals surface area contributed by atoms with Crippen LogP contribution in [0.25, 0.3) is 5.69 Å². The molecule has 0 unspecified atom stereocenters. The first-order valence-electron chi connectivity index (χ1n) is 10.9. The zero-order valence-corrected chi connectivity index (χ0v) is 18.2. The fourth-order valence-electron chi connectivity index (χ4n) is 4.23. The van der Waals surface area contributed by atoms with Crippen molar-refractivity contribution in [3.05, 3.63) is 53.1 Å². The van der Waals surface area contributed by atoms with Crippen LogP contribution in [0.3, 0.4) is 0 Å². The van der Waals surface area contributed by atoms with E-state index in [-0.39, 0.29) is 23.5 Å². The summed E-state index contributed by atoms with van der Waals surface area (Å²) in [4.78, 5) is 27.3. The Morgan fingerprint density at radius 2 is 1.83 bits per heavy atom. The normalized spacial score (nSPS) is 14.7. The van der Waals surface area contributed by atoms with Crippen LogP contribution in [0.1, 0.15) is 60.8 Å². The first-order chi connectivity index (χ1) is 14.4. The predicted octanol–water partition coefficient (Wildman–Crippen LogP) is 4.39. The molecule has 0 saturated carbocycles. The molecule has 0 bridgehead atoms. The summed E-state index contributed by atoms with van der Waals surface area (Å²) in [6.45, 7) is 7.73. The number of likely N-dealkylation sites (tertiary alicyclic amines) is 1. The number of amides is 2. The van der Waals surface area contributed by atoms with Crippen molar-refractivity contribution in [3.63, 3.8) is 0 Å². The van der Waals surface area contributed by atoms with E-state index < -0.39 is 0 Å². The van der Waals surface area contributed by atoms with Crippen LogP contribution >= 0.6 is 0 Å². The molecule has 1 N–H and O–H groups in total. The molecule has 6 heteroatoms. The number of unbranched alkanes of at least 4 members (excludes halogenated alkanes) is 2. The molecule has 1 aliphatic heterocycles. The summed E-state index contributed by atoms with van der Waals surface area (Å²) in [6.07, 6.45) is 4.62. The lowest BCUT2D eigenvalue weighted by Crippen LogP contribution is -2.43. The number of aryl methyl sites for hydroxylation is 1. The van der Waals surface area contributed by atoms with Crippen molar-refractivity contribution < 1.29 is 14.0 Å². The lowest BCUT2D eigenvalue weighted by molar-refractivity contribution is -0.126. The monoisotopic (exact) mass is 413 g/mol. The van der Waals surface area contributed by atoms with Crippen molar-refractivity contribution in [1.82, 2.24) is 14.8 Å². The number of rotatable bonds is 7. The minimum atomic E-state index is -0.316. The van der Waals surface area contributed by atoms with Crippen molar-refractivity contribution in [3.8, 4) is 5.69 Å². The zero-order chi connectivity index (χ0) is 21.7. The van der Waals surface area contributed by atoms with Gasteiger partial charge in [-0.25, -0.2) is 4.39 Å². The highest BCUT2D eigenvalue weighted by molar-refractivity contribution is 5.96. The van der Waals surface area contributed by atoms with Crippen LogP contribution in [-0.2, 0) is 4.79 Å². The van der Waals surface area contributed by atoms with E-state index in [1.54, 1.807) is 22.8 Å². The molecule has 1 aromatic heterocycles. The van der Waals surface area contributed by atoms with Crippen LogP contribution in [-0.4, -0.2) is 40.9 Å². The quantitative estimate of drug-likeness (QED) is 0.685. The maximum Gasteiger partial charge on any atom is 0.255 e. The third-order valence-electron chi connectivity index (χ3n) is 5.99. The van der Waals surface area contributed by atoms with Crippen LogP contribution in [0.2, 0.25) is 0 Å². The molecule has 2 amide bonds. The number of piperidine rings is 1. The lowest BCUT2D eigenvalue weighted by Gasteiger charge is -2.31. The molecule has 0 radical (unpaired) electrons. The van der Waals surface area contributed by atoms with Crippen molar-refractivity contribution in [1.29, 1.82) is 0 Å². The number of carbonyl (C=O) groups excluding carboxylic acids is 2. The van der Waals surface area contributed by atoms with Crippen LogP contribution in [0, 0.1) is 25.6 Å². The molecule has 2 aromatic rings. The predicted molar refractivity (Wildman–Crippen MR) is 116 cm³/mol. The molecule has 3 rings (SSSR count). The average Bonchev–Trinajstić information content (AvgIpc) is 3.05. The second kappa shape index (κ2) is 9.92. The summed E-state index contributed by atoms with van der Waals surface area (Å²) in [7, 11) is 0.